The van der Waals surface area contributed by atoms with Crippen LogP contribution in [0.2, 0.25) is 0 Å². The van der Waals surface area contributed by atoms with Gasteiger partial charge in [0.1, 0.15) is 5.82 Å². The summed E-state index contributed by atoms with van der Waals surface area (Å²) < 4.78 is 1.99. The molecule has 2 aromatic rings. The van der Waals surface area contributed by atoms with E-state index in [1.165, 1.54) is 11.8 Å². The Hall–Kier alpha value is -2.35. The number of aromatic nitrogens is 3. The van der Waals surface area contributed by atoms with Gasteiger partial charge in [-0.2, -0.15) is 0 Å². The number of carbonyl (C=O) groups is 2. The average molecular weight is 361 g/mol. The van der Waals surface area contributed by atoms with Gasteiger partial charge in [-0.25, -0.2) is 4.79 Å². The Morgan fingerprint density at radius 3 is 2.56 bits per heavy atom. The molecule has 0 bridgehead atoms. The van der Waals surface area contributed by atoms with Gasteiger partial charge in [0.25, 0.3) is 0 Å². The summed E-state index contributed by atoms with van der Waals surface area (Å²) in [6.45, 7) is 6.39. The maximum atomic E-state index is 11.9. The first-order chi connectivity index (χ1) is 12.0. The summed E-state index contributed by atoms with van der Waals surface area (Å²) >= 11 is 1.27. The van der Waals surface area contributed by atoms with Gasteiger partial charge in [0.05, 0.1) is 5.75 Å². The average Bonchev–Trinajstić information content (AvgIpc) is 2.94. The van der Waals surface area contributed by atoms with Gasteiger partial charge >= 0.3 is 6.03 Å². The Morgan fingerprint density at radius 1 is 1.20 bits per heavy atom. The van der Waals surface area contributed by atoms with E-state index in [0.717, 1.165) is 11.4 Å². The van der Waals surface area contributed by atoms with E-state index in [-0.39, 0.29) is 17.7 Å². The highest BCUT2D eigenvalue weighted by atomic mass is 32.2. The quantitative estimate of drug-likeness (QED) is 0.738. The standard InChI is InChI=1S/C17H23N5O2S/c1-4-22-14(10-13-8-6-5-7-9-13)20-21-17(22)25-11-15(23)19-16(24)18-12(2)3/h5-9,12H,4,10-11H2,1-3H3,(H2,18,19,23,24). The number of carbonyl (C=O) groups excluding carboxylic acids is 2. The smallest absolute Gasteiger partial charge is 0.321 e. The second-order valence-electron chi connectivity index (χ2n) is 5.77. The molecule has 25 heavy (non-hydrogen) atoms. The highest BCUT2D eigenvalue weighted by molar-refractivity contribution is 7.99. The summed E-state index contributed by atoms with van der Waals surface area (Å²) in [6, 6.07) is 9.54. The first kappa shape index (κ1) is 19.0. The topological polar surface area (TPSA) is 88.9 Å². The highest BCUT2D eigenvalue weighted by Crippen LogP contribution is 2.18. The van der Waals surface area contributed by atoms with Gasteiger partial charge in [-0.15, -0.1) is 10.2 Å². The fourth-order valence-electron chi connectivity index (χ4n) is 2.24. The number of urea groups is 1. The van der Waals surface area contributed by atoms with E-state index < -0.39 is 6.03 Å². The number of amides is 3. The fraction of sp³-hybridized carbons (Fsp3) is 0.412. The zero-order valence-corrected chi connectivity index (χ0v) is 15.5. The van der Waals surface area contributed by atoms with Gasteiger partial charge in [0.2, 0.25) is 5.91 Å². The minimum absolute atomic E-state index is 0.0239. The van der Waals surface area contributed by atoms with Gasteiger partial charge < -0.3 is 9.88 Å². The molecule has 8 heteroatoms. The van der Waals surface area contributed by atoms with Crippen molar-refractivity contribution in [3.8, 4) is 0 Å². The van der Waals surface area contributed by atoms with Gasteiger partial charge in [-0.1, -0.05) is 42.1 Å². The number of rotatable bonds is 7. The summed E-state index contributed by atoms with van der Waals surface area (Å²) in [7, 11) is 0. The monoisotopic (exact) mass is 361 g/mol. The second kappa shape index (κ2) is 9.22. The van der Waals surface area contributed by atoms with Crippen molar-refractivity contribution in [2.45, 2.75) is 44.9 Å². The van der Waals surface area contributed by atoms with Crippen molar-refractivity contribution in [1.82, 2.24) is 25.4 Å². The first-order valence-corrected chi connectivity index (χ1v) is 9.17. The number of imide groups is 1. The van der Waals surface area contributed by atoms with Crippen LogP contribution in [0, 0.1) is 0 Å². The lowest BCUT2D eigenvalue weighted by Gasteiger charge is -2.09. The molecule has 2 N–H and O–H groups in total. The van der Waals surface area contributed by atoms with Crippen LogP contribution in [0.3, 0.4) is 0 Å². The summed E-state index contributed by atoms with van der Waals surface area (Å²) in [5, 5.41) is 14.0. The van der Waals surface area contributed by atoms with Crippen molar-refractivity contribution in [1.29, 1.82) is 0 Å². The molecule has 0 aliphatic heterocycles. The van der Waals surface area contributed by atoms with Crippen LogP contribution in [-0.4, -0.2) is 38.5 Å². The minimum atomic E-state index is -0.484. The molecule has 7 nitrogen and oxygen atoms in total. The molecule has 2 rings (SSSR count). The molecule has 1 aromatic carbocycles. The van der Waals surface area contributed by atoms with Gasteiger partial charge in [0, 0.05) is 19.0 Å². The maximum absolute atomic E-state index is 11.9. The van der Waals surface area contributed by atoms with Crippen LogP contribution in [-0.2, 0) is 17.8 Å². The SMILES string of the molecule is CCn1c(Cc2ccccc2)nnc1SCC(=O)NC(=O)NC(C)C. The molecule has 0 saturated carbocycles. The van der Waals surface area contributed by atoms with Gasteiger partial charge in [-0.05, 0) is 26.3 Å². The fourth-order valence-corrected chi connectivity index (χ4v) is 3.06. The molecular formula is C17H23N5O2S. The van der Waals surface area contributed by atoms with E-state index in [1.807, 2.05) is 55.7 Å². The Labute approximate surface area is 151 Å². The molecule has 0 spiro atoms. The molecule has 1 aromatic heterocycles. The molecule has 0 aliphatic carbocycles. The number of nitrogens with one attached hydrogen (secondary N) is 2. The molecule has 0 fully saturated rings. The molecule has 0 unspecified atom stereocenters. The Morgan fingerprint density at radius 2 is 1.92 bits per heavy atom. The third-order valence-electron chi connectivity index (χ3n) is 3.32. The molecule has 0 saturated heterocycles. The number of thioether (sulfide) groups is 1. The van der Waals surface area contributed by atoms with Crippen molar-refractivity contribution in [2.75, 3.05) is 5.75 Å². The minimum Gasteiger partial charge on any atom is -0.336 e. The number of nitrogens with zero attached hydrogens (tertiary/aromatic N) is 3. The Kier molecular flexibility index (Phi) is 7.00. The number of benzene rings is 1. The van der Waals surface area contributed by atoms with Gasteiger partial charge in [0.15, 0.2) is 5.16 Å². The van der Waals surface area contributed by atoms with Crippen molar-refractivity contribution in [3.05, 3.63) is 41.7 Å². The number of hydrogen-bond donors (Lipinski definition) is 2. The second-order valence-corrected chi connectivity index (χ2v) is 6.71. The normalized spacial score (nSPS) is 10.7. The Bertz CT molecular complexity index is 715. The van der Waals surface area contributed by atoms with E-state index in [9.17, 15) is 9.59 Å². The van der Waals surface area contributed by atoms with Crippen LogP contribution < -0.4 is 10.6 Å². The third-order valence-corrected chi connectivity index (χ3v) is 4.29. The summed E-state index contributed by atoms with van der Waals surface area (Å²) in [5.41, 5.74) is 1.16. The molecule has 0 atom stereocenters. The third kappa shape index (κ3) is 5.90. The Balaban J connectivity index is 1.94. The van der Waals surface area contributed by atoms with E-state index >= 15 is 0 Å². The number of hydrogen-bond acceptors (Lipinski definition) is 5. The predicted octanol–water partition coefficient (Wildman–Crippen LogP) is 2.22. The van der Waals surface area contributed by atoms with E-state index in [2.05, 4.69) is 20.8 Å². The van der Waals surface area contributed by atoms with Crippen LogP contribution in [0.4, 0.5) is 4.79 Å². The molecule has 134 valence electrons. The maximum Gasteiger partial charge on any atom is 0.321 e. The first-order valence-electron chi connectivity index (χ1n) is 8.18. The highest BCUT2D eigenvalue weighted by Gasteiger charge is 2.15. The molecular weight excluding hydrogens is 338 g/mol. The summed E-state index contributed by atoms with van der Waals surface area (Å²) in [6.07, 6.45) is 0.686. The molecule has 0 radical (unpaired) electrons. The summed E-state index contributed by atoms with van der Waals surface area (Å²) in [4.78, 5) is 23.4. The van der Waals surface area contributed by atoms with Crippen molar-refractivity contribution < 1.29 is 9.59 Å². The molecule has 3 amide bonds. The summed E-state index contributed by atoms with van der Waals surface area (Å²) in [5.74, 6) is 0.599. The van der Waals surface area contributed by atoms with Crippen molar-refractivity contribution in [2.24, 2.45) is 0 Å². The van der Waals surface area contributed by atoms with Crippen LogP contribution >= 0.6 is 11.8 Å². The lowest BCUT2D eigenvalue weighted by Crippen LogP contribution is -2.43. The van der Waals surface area contributed by atoms with Crippen LogP contribution in [0.1, 0.15) is 32.2 Å². The lowest BCUT2D eigenvalue weighted by molar-refractivity contribution is -0.117. The zero-order chi connectivity index (χ0) is 18.2. The molecule has 1 heterocycles. The van der Waals surface area contributed by atoms with E-state index in [4.69, 9.17) is 0 Å². The van der Waals surface area contributed by atoms with Crippen LogP contribution in [0.5, 0.6) is 0 Å². The van der Waals surface area contributed by atoms with E-state index in [1.54, 1.807) is 0 Å². The van der Waals surface area contributed by atoms with E-state index in [0.29, 0.717) is 18.1 Å². The van der Waals surface area contributed by atoms with Crippen molar-refractivity contribution in [3.63, 3.8) is 0 Å². The largest absolute Gasteiger partial charge is 0.336 e. The van der Waals surface area contributed by atoms with Crippen LogP contribution in [0.25, 0.3) is 0 Å². The zero-order valence-electron chi connectivity index (χ0n) is 14.7. The van der Waals surface area contributed by atoms with Crippen molar-refractivity contribution >= 4 is 23.7 Å². The van der Waals surface area contributed by atoms with Gasteiger partial charge in [-0.3, -0.25) is 10.1 Å². The predicted molar refractivity (Wildman–Crippen MR) is 97.5 cm³/mol. The van der Waals surface area contributed by atoms with Crippen LogP contribution in [0.15, 0.2) is 35.5 Å². The lowest BCUT2D eigenvalue weighted by atomic mass is 10.1. The molecule has 0 aliphatic rings.